The zero-order chi connectivity index (χ0) is 9.56. The van der Waals surface area contributed by atoms with Crippen LogP contribution in [0, 0.1) is 11.8 Å². The molecule has 1 amide bonds. The third-order valence-corrected chi connectivity index (χ3v) is 2.38. The Morgan fingerprint density at radius 1 is 1.25 bits per heavy atom. The largest absolute Gasteiger partial charge is 0.356 e. The number of nitrogens with one attached hydrogen (secondary N) is 1. The van der Waals surface area contributed by atoms with E-state index in [0.29, 0.717) is 5.92 Å². The van der Waals surface area contributed by atoms with Crippen molar-refractivity contribution in [1.29, 1.82) is 0 Å². The molecule has 0 aromatic rings. The van der Waals surface area contributed by atoms with Gasteiger partial charge in [0, 0.05) is 12.5 Å². The van der Waals surface area contributed by atoms with Crippen molar-refractivity contribution in [1.82, 2.24) is 5.32 Å². The van der Waals surface area contributed by atoms with Crippen molar-refractivity contribution in [2.75, 3.05) is 6.54 Å². The molecule has 0 rings (SSSR count). The highest BCUT2D eigenvalue weighted by Gasteiger charge is 2.10. The van der Waals surface area contributed by atoms with Gasteiger partial charge in [-0.2, -0.15) is 0 Å². The average Bonchev–Trinajstić information content (AvgIpc) is 2.11. The molecule has 0 unspecified atom stereocenters. The fraction of sp³-hybridized carbons (Fsp3) is 0.900. The van der Waals surface area contributed by atoms with Crippen LogP contribution in [0.5, 0.6) is 0 Å². The quantitative estimate of drug-likeness (QED) is 0.675. The van der Waals surface area contributed by atoms with Crippen molar-refractivity contribution >= 4 is 5.91 Å². The molecule has 0 saturated heterocycles. The molecule has 12 heavy (non-hydrogen) atoms. The van der Waals surface area contributed by atoms with E-state index < -0.39 is 0 Å². The van der Waals surface area contributed by atoms with Gasteiger partial charge in [-0.15, -0.1) is 0 Å². The topological polar surface area (TPSA) is 29.1 Å². The number of amides is 1. The predicted molar refractivity (Wildman–Crippen MR) is 51.9 cm³/mol. The highest BCUT2D eigenvalue weighted by molar-refractivity contribution is 5.78. The first-order valence-corrected chi connectivity index (χ1v) is 4.89. The Labute approximate surface area is 75.7 Å². The first kappa shape index (κ1) is 11.5. The molecule has 2 nitrogen and oxygen atoms in total. The van der Waals surface area contributed by atoms with Gasteiger partial charge in [0.25, 0.3) is 0 Å². The molecule has 0 fully saturated rings. The molecule has 1 N–H and O–H groups in total. The van der Waals surface area contributed by atoms with Crippen molar-refractivity contribution in [2.45, 2.75) is 40.5 Å². The summed E-state index contributed by atoms with van der Waals surface area (Å²) in [6, 6.07) is 0. The van der Waals surface area contributed by atoms with Crippen LogP contribution in [0.15, 0.2) is 0 Å². The van der Waals surface area contributed by atoms with Crippen LogP contribution >= 0.6 is 0 Å². The van der Waals surface area contributed by atoms with Crippen molar-refractivity contribution in [3.8, 4) is 0 Å². The summed E-state index contributed by atoms with van der Waals surface area (Å²) in [4.78, 5) is 11.3. The van der Waals surface area contributed by atoms with Crippen LogP contribution in [-0.2, 0) is 4.79 Å². The minimum Gasteiger partial charge on any atom is -0.356 e. The van der Waals surface area contributed by atoms with Gasteiger partial charge < -0.3 is 5.32 Å². The predicted octanol–water partition coefficient (Wildman–Crippen LogP) is 2.19. The van der Waals surface area contributed by atoms with Gasteiger partial charge in [0.05, 0.1) is 0 Å². The lowest BCUT2D eigenvalue weighted by molar-refractivity contribution is -0.124. The van der Waals surface area contributed by atoms with E-state index in [0.717, 1.165) is 19.4 Å². The van der Waals surface area contributed by atoms with E-state index in [1.165, 1.54) is 0 Å². The third-order valence-electron chi connectivity index (χ3n) is 2.38. The second kappa shape index (κ2) is 6.04. The van der Waals surface area contributed by atoms with Crippen LogP contribution in [0.2, 0.25) is 0 Å². The molecule has 0 bridgehead atoms. The Kier molecular flexibility index (Phi) is 5.77. The SMILES string of the molecule is CC[C@@H](C)CNC(=O)[C@H](C)CC. The lowest BCUT2D eigenvalue weighted by Gasteiger charge is -2.13. The molecule has 0 spiro atoms. The summed E-state index contributed by atoms with van der Waals surface area (Å²) in [5.74, 6) is 0.949. The molecular weight excluding hydrogens is 150 g/mol. The Morgan fingerprint density at radius 2 is 1.83 bits per heavy atom. The van der Waals surface area contributed by atoms with E-state index in [1.807, 2.05) is 13.8 Å². The van der Waals surface area contributed by atoms with Crippen molar-refractivity contribution in [3.63, 3.8) is 0 Å². The average molecular weight is 171 g/mol. The maximum absolute atomic E-state index is 11.3. The molecule has 0 saturated carbocycles. The lowest BCUT2D eigenvalue weighted by atomic mass is 10.1. The fourth-order valence-electron chi connectivity index (χ4n) is 0.779. The highest BCUT2D eigenvalue weighted by Crippen LogP contribution is 2.02. The molecule has 0 radical (unpaired) electrons. The van der Waals surface area contributed by atoms with Gasteiger partial charge >= 0.3 is 0 Å². The molecule has 2 heteroatoms. The third kappa shape index (κ3) is 4.37. The molecule has 72 valence electrons. The van der Waals surface area contributed by atoms with E-state index in [1.54, 1.807) is 0 Å². The summed E-state index contributed by atoms with van der Waals surface area (Å²) < 4.78 is 0. The van der Waals surface area contributed by atoms with Gasteiger partial charge in [0.2, 0.25) is 5.91 Å². The summed E-state index contributed by atoms with van der Waals surface area (Å²) >= 11 is 0. The molecule has 0 aliphatic carbocycles. The van der Waals surface area contributed by atoms with E-state index >= 15 is 0 Å². The summed E-state index contributed by atoms with van der Waals surface area (Å²) in [5.41, 5.74) is 0. The van der Waals surface area contributed by atoms with Gasteiger partial charge in [-0.1, -0.05) is 34.1 Å². The summed E-state index contributed by atoms with van der Waals surface area (Å²) in [7, 11) is 0. The van der Waals surface area contributed by atoms with Crippen LogP contribution in [-0.4, -0.2) is 12.5 Å². The first-order chi connectivity index (χ1) is 5.61. The van der Waals surface area contributed by atoms with Gasteiger partial charge in [-0.05, 0) is 12.3 Å². The van der Waals surface area contributed by atoms with Gasteiger partial charge in [-0.25, -0.2) is 0 Å². The van der Waals surface area contributed by atoms with Crippen molar-refractivity contribution < 1.29 is 4.79 Å². The maximum Gasteiger partial charge on any atom is 0.222 e. The molecule has 2 atom stereocenters. The number of rotatable bonds is 5. The van der Waals surface area contributed by atoms with E-state index in [2.05, 4.69) is 19.2 Å². The van der Waals surface area contributed by atoms with Gasteiger partial charge in [0.15, 0.2) is 0 Å². The van der Waals surface area contributed by atoms with E-state index in [-0.39, 0.29) is 11.8 Å². The number of hydrogen-bond acceptors (Lipinski definition) is 1. The first-order valence-electron chi connectivity index (χ1n) is 4.89. The van der Waals surface area contributed by atoms with Crippen LogP contribution in [0.25, 0.3) is 0 Å². The Balaban J connectivity index is 3.56. The van der Waals surface area contributed by atoms with Gasteiger partial charge in [0.1, 0.15) is 0 Å². The standard InChI is InChI=1S/C10H21NO/c1-5-8(3)7-11-10(12)9(4)6-2/h8-9H,5-7H2,1-4H3,(H,11,12)/t8-,9-/m1/s1. The van der Waals surface area contributed by atoms with Gasteiger partial charge in [-0.3, -0.25) is 4.79 Å². The number of carbonyl (C=O) groups excluding carboxylic acids is 1. The van der Waals surface area contributed by atoms with Crippen molar-refractivity contribution in [3.05, 3.63) is 0 Å². The normalized spacial score (nSPS) is 15.3. The van der Waals surface area contributed by atoms with Crippen LogP contribution < -0.4 is 5.32 Å². The smallest absolute Gasteiger partial charge is 0.222 e. The summed E-state index contributed by atoms with van der Waals surface area (Å²) in [5, 5.41) is 2.95. The summed E-state index contributed by atoms with van der Waals surface area (Å²) in [6.45, 7) is 9.11. The Morgan fingerprint density at radius 3 is 2.25 bits per heavy atom. The fourth-order valence-corrected chi connectivity index (χ4v) is 0.779. The monoisotopic (exact) mass is 171 g/mol. The Hall–Kier alpha value is -0.530. The maximum atomic E-state index is 11.3. The van der Waals surface area contributed by atoms with Crippen LogP contribution in [0.1, 0.15) is 40.5 Å². The zero-order valence-electron chi connectivity index (χ0n) is 8.68. The molecule has 0 heterocycles. The highest BCUT2D eigenvalue weighted by atomic mass is 16.1. The molecule has 0 aliphatic rings. The second-order valence-corrected chi connectivity index (χ2v) is 3.57. The Bertz CT molecular complexity index is 134. The van der Waals surface area contributed by atoms with Crippen molar-refractivity contribution in [2.24, 2.45) is 11.8 Å². The molecule has 0 aromatic heterocycles. The zero-order valence-corrected chi connectivity index (χ0v) is 8.68. The number of hydrogen-bond donors (Lipinski definition) is 1. The number of carbonyl (C=O) groups is 1. The van der Waals surface area contributed by atoms with E-state index in [9.17, 15) is 4.79 Å². The minimum absolute atomic E-state index is 0.161. The van der Waals surface area contributed by atoms with Crippen LogP contribution in [0.3, 0.4) is 0 Å². The molecule has 0 aliphatic heterocycles. The minimum atomic E-state index is 0.161. The molecular formula is C10H21NO. The molecule has 0 aromatic carbocycles. The van der Waals surface area contributed by atoms with E-state index in [4.69, 9.17) is 0 Å². The lowest BCUT2D eigenvalue weighted by Crippen LogP contribution is -2.32. The summed E-state index contributed by atoms with van der Waals surface area (Å²) in [6.07, 6.45) is 2.05. The second-order valence-electron chi connectivity index (χ2n) is 3.57. The van der Waals surface area contributed by atoms with Crippen LogP contribution in [0.4, 0.5) is 0 Å².